The third-order valence-corrected chi connectivity index (χ3v) is 4.52. The summed E-state index contributed by atoms with van der Waals surface area (Å²) in [5.41, 5.74) is 2.52. The van der Waals surface area contributed by atoms with E-state index in [1.807, 2.05) is 44.5 Å². The predicted molar refractivity (Wildman–Crippen MR) is 94.5 cm³/mol. The van der Waals surface area contributed by atoms with Gasteiger partial charge in [0.15, 0.2) is 0 Å². The minimum Gasteiger partial charge on any atom is -0.444 e. The molecule has 0 radical (unpaired) electrons. The summed E-state index contributed by atoms with van der Waals surface area (Å²) >= 11 is 3.56. The van der Waals surface area contributed by atoms with Gasteiger partial charge in [-0.15, -0.1) is 0 Å². The van der Waals surface area contributed by atoms with Crippen LogP contribution in [-0.4, -0.2) is 37.9 Å². The quantitative estimate of drug-likeness (QED) is 0.734. The van der Waals surface area contributed by atoms with E-state index < -0.39 is 5.60 Å². The van der Waals surface area contributed by atoms with Crippen LogP contribution in [-0.2, 0) is 11.3 Å². The predicted octanol–water partition coefficient (Wildman–Crippen LogP) is 4.02. The summed E-state index contributed by atoms with van der Waals surface area (Å²) in [6.45, 7) is 8.86. The number of carbonyl (C=O) groups excluding carboxylic acids is 1. The van der Waals surface area contributed by atoms with Crippen LogP contribution in [0.5, 0.6) is 0 Å². The van der Waals surface area contributed by atoms with Crippen molar-refractivity contribution in [3.8, 4) is 11.1 Å². The Labute approximate surface area is 149 Å². The van der Waals surface area contributed by atoms with Crippen LogP contribution in [0.2, 0.25) is 0 Å². The Balaban J connectivity index is 1.98. The zero-order valence-electron chi connectivity index (χ0n) is 14.3. The highest BCUT2D eigenvalue weighted by atomic mass is 79.9. The molecule has 1 amide bonds. The smallest absolute Gasteiger partial charge is 0.410 e. The molecular formula is C17H21BrN4O2. The lowest BCUT2D eigenvalue weighted by molar-refractivity contribution is 0.0121. The molecule has 1 aliphatic heterocycles. The maximum absolute atomic E-state index is 12.5. The fourth-order valence-corrected chi connectivity index (χ4v) is 3.56. The summed E-state index contributed by atoms with van der Waals surface area (Å²) in [7, 11) is 0. The topological polar surface area (TPSA) is 60.2 Å². The van der Waals surface area contributed by atoms with E-state index in [1.165, 1.54) is 0 Å². The van der Waals surface area contributed by atoms with Crippen molar-refractivity contribution in [3.63, 3.8) is 0 Å². The number of nitrogens with zero attached hydrogens (tertiary/aromatic N) is 4. The van der Waals surface area contributed by atoms with Gasteiger partial charge < -0.3 is 4.74 Å². The summed E-state index contributed by atoms with van der Waals surface area (Å²) < 4.78 is 8.29. The number of halogens is 1. The third kappa shape index (κ3) is 3.17. The van der Waals surface area contributed by atoms with E-state index in [0.29, 0.717) is 13.1 Å². The number of hydrogen-bond acceptors (Lipinski definition) is 4. The largest absolute Gasteiger partial charge is 0.444 e. The summed E-state index contributed by atoms with van der Waals surface area (Å²) in [6, 6.07) is 3.76. The molecule has 3 heterocycles. The molecule has 0 bridgehead atoms. The molecule has 2 aromatic heterocycles. The van der Waals surface area contributed by atoms with Gasteiger partial charge in [-0.2, -0.15) is 5.10 Å². The number of ether oxygens (including phenoxy) is 1. The summed E-state index contributed by atoms with van der Waals surface area (Å²) in [5, 5.41) is 4.58. The molecule has 3 rings (SSSR count). The number of hydrogen-bond donors (Lipinski definition) is 0. The van der Waals surface area contributed by atoms with Gasteiger partial charge in [-0.25, -0.2) is 4.79 Å². The SMILES string of the molecule is CC1c2c(-c3ccncc3)c(Br)nn2CCN1C(=O)OC(C)(C)C. The molecular weight excluding hydrogens is 372 g/mol. The Bertz CT molecular complexity index is 752. The van der Waals surface area contributed by atoms with Crippen LogP contribution in [0.4, 0.5) is 4.79 Å². The van der Waals surface area contributed by atoms with Crippen molar-refractivity contribution in [2.45, 2.75) is 45.9 Å². The van der Waals surface area contributed by atoms with E-state index in [4.69, 9.17) is 4.74 Å². The lowest BCUT2D eigenvalue weighted by Crippen LogP contribution is -2.43. The lowest BCUT2D eigenvalue weighted by atomic mass is 10.0. The molecule has 1 unspecified atom stereocenters. The Morgan fingerprint density at radius 2 is 1.96 bits per heavy atom. The van der Waals surface area contributed by atoms with Crippen LogP contribution >= 0.6 is 15.9 Å². The number of aromatic nitrogens is 3. The molecule has 0 N–H and O–H groups in total. The Morgan fingerprint density at radius 3 is 2.58 bits per heavy atom. The number of amides is 1. The molecule has 128 valence electrons. The molecule has 0 fully saturated rings. The van der Waals surface area contributed by atoms with E-state index in [0.717, 1.165) is 21.4 Å². The molecule has 1 atom stereocenters. The van der Waals surface area contributed by atoms with Gasteiger partial charge in [-0.1, -0.05) is 0 Å². The van der Waals surface area contributed by atoms with Gasteiger partial charge in [0, 0.05) is 24.5 Å². The second kappa shape index (κ2) is 6.20. The first-order chi connectivity index (χ1) is 11.3. The van der Waals surface area contributed by atoms with Crippen molar-refractivity contribution < 1.29 is 9.53 Å². The molecule has 2 aromatic rings. The van der Waals surface area contributed by atoms with Crippen molar-refractivity contribution in [1.82, 2.24) is 19.7 Å². The molecule has 0 saturated carbocycles. The van der Waals surface area contributed by atoms with Crippen LogP contribution in [0.25, 0.3) is 11.1 Å². The highest BCUT2D eigenvalue weighted by Crippen LogP contribution is 2.38. The van der Waals surface area contributed by atoms with Crippen molar-refractivity contribution in [1.29, 1.82) is 0 Å². The second-order valence-corrected chi connectivity index (χ2v) is 7.61. The van der Waals surface area contributed by atoms with E-state index in [-0.39, 0.29) is 12.1 Å². The number of fused-ring (bicyclic) bond motifs is 1. The normalized spacial score (nSPS) is 17.5. The van der Waals surface area contributed by atoms with Crippen LogP contribution in [0, 0.1) is 0 Å². The Hall–Kier alpha value is -1.89. The zero-order valence-corrected chi connectivity index (χ0v) is 15.9. The fraction of sp³-hybridized carbons (Fsp3) is 0.471. The van der Waals surface area contributed by atoms with Gasteiger partial charge in [-0.3, -0.25) is 14.6 Å². The minimum absolute atomic E-state index is 0.129. The van der Waals surface area contributed by atoms with Gasteiger partial charge >= 0.3 is 6.09 Å². The van der Waals surface area contributed by atoms with Crippen LogP contribution in [0.15, 0.2) is 29.1 Å². The van der Waals surface area contributed by atoms with Crippen molar-refractivity contribution in [2.24, 2.45) is 0 Å². The van der Waals surface area contributed by atoms with Gasteiger partial charge in [0.25, 0.3) is 0 Å². The van der Waals surface area contributed by atoms with Crippen LogP contribution in [0.1, 0.15) is 39.4 Å². The van der Waals surface area contributed by atoms with Gasteiger partial charge in [-0.05, 0) is 61.3 Å². The molecule has 0 spiro atoms. The molecule has 24 heavy (non-hydrogen) atoms. The molecule has 6 nitrogen and oxygen atoms in total. The number of pyridine rings is 1. The molecule has 7 heteroatoms. The van der Waals surface area contributed by atoms with Crippen molar-refractivity contribution in [2.75, 3.05) is 6.54 Å². The molecule has 0 saturated heterocycles. The number of carbonyl (C=O) groups is 1. The minimum atomic E-state index is -0.511. The highest BCUT2D eigenvalue weighted by molar-refractivity contribution is 9.10. The van der Waals surface area contributed by atoms with E-state index in [2.05, 4.69) is 26.0 Å². The lowest BCUT2D eigenvalue weighted by Gasteiger charge is -2.35. The van der Waals surface area contributed by atoms with Crippen molar-refractivity contribution in [3.05, 3.63) is 34.8 Å². The average Bonchev–Trinajstić information content (AvgIpc) is 2.83. The van der Waals surface area contributed by atoms with Crippen LogP contribution in [0.3, 0.4) is 0 Å². The van der Waals surface area contributed by atoms with Gasteiger partial charge in [0.1, 0.15) is 10.2 Å². The van der Waals surface area contributed by atoms with E-state index >= 15 is 0 Å². The first-order valence-corrected chi connectivity index (χ1v) is 8.73. The van der Waals surface area contributed by atoms with Gasteiger partial charge in [0.05, 0.1) is 18.3 Å². The zero-order chi connectivity index (χ0) is 17.5. The van der Waals surface area contributed by atoms with Crippen LogP contribution < -0.4 is 0 Å². The monoisotopic (exact) mass is 392 g/mol. The molecule has 1 aliphatic rings. The first-order valence-electron chi connectivity index (χ1n) is 7.94. The molecule has 0 aliphatic carbocycles. The van der Waals surface area contributed by atoms with E-state index in [9.17, 15) is 4.79 Å². The highest BCUT2D eigenvalue weighted by Gasteiger charge is 2.35. The second-order valence-electron chi connectivity index (χ2n) is 6.86. The summed E-state index contributed by atoms with van der Waals surface area (Å²) in [5.74, 6) is 0. The summed E-state index contributed by atoms with van der Waals surface area (Å²) in [6.07, 6.45) is 3.22. The summed E-state index contributed by atoms with van der Waals surface area (Å²) in [4.78, 5) is 18.4. The fourth-order valence-electron chi connectivity index (χ4n) is 2.94. The van der Waals surface area contributed by atoms with Crippen molar-refractivity contribution >= 4 is 22.0 Å². The standard InChI is InChI=1S/C17H21BrN4O2/c1-11-14-13(12-5-7-19-8-6-12)15(18)20-22(14)10-9-21(11)16(23)24-17(2,3)4/h5-8,11H,9-10H2,1-4H3. The van der Waals surface area contributed by atoms with Gasteiger partial charge in [0.2, 0.25) is 0 Å². The number of rotatable bonds is 1. The Morgan fingerprint density at radius 1 is 1.29 bits per heavy atom. The maximum Gasteiger partial charge on any atom is 0.410 e. The third-order valence-electron chi connectivity index (χ3n) is 3.96. The molecule has 0 aromatic carbocycles. The first kappa shape index (κ1) is 17.0. The van der Waals surface area contributed by atoms with E-state index in [1.54, 1.807) is 17.3 Å². The Kier molecular flexibility index (Phi) is 4.38. The maximum atomic E-state index is 12.5. The average molecular weight is 393 g/mol.